The van der Waals surface area contributed by atoms with Crippen LogP contribution in [-0.4, -0.2) is 4.98 Å². The van der Waals surface area contributed by atoms with Crippen molar-refractivity contribution in [1.29, 1.82) is 0 Å². The van der Waals surface area contributed by atoms with E-state index in [9.17, 15) is 0 Å². The minimum atomic E-state index is 1.02. The van der Waals surface area contributed by atoms with Crippen molar-refractivity contribution in [3.8, 4) is 0 Å². The quantitative estimate of drug-likeness (QED) is 0.746. The summed E-state index contributed by atoms with van der Waals surface area (Å²) in [4.78, 5) is 7.38. The van der Waals surface area contributed by atoms with Gasteiger partial charge >= 0.3 is 0 Å². The van der Waals surface area contributed by atoms with Gasteiger partial charge in [-0.2, -0.15) is 0 Å². The highest BCUT2D eigenvalue weighted by Gasteiger charge is 2.02. The molecule has 0 aromatic carbocycles. The molecule has 2 aromatic heterocycles. The van der Waals surface area contributed by atoms with Crippen LogP contribution in [0.3, 0.4) is 0 Å². The smallest absolute Gasteiger partial charge is 0.249 e. The zero-order valence-electron chi connectivity index (χ0n) is 7.38. The van der Waals surface area contributed by atoms with Crippen LogP contribution in [0.15, 0.2) is 58.8 Å². The zero-order valence-corrected chi connectivity index (χ0v) is 9.02. The molecule has 0 radical (unpaired) electrons. The van der Waals surface area contributed by atoms with Crippen LogP contribution < -0.4 is 4.98 Å². The number of H-pyrrole nitrogens is 1. The molecule has 0 unspecified atom stereocenters. The Morgan fingerprint density at radius 3 is 2.64 bits per heavy atom. The monoisotopic (exact) mass is 221 g/mol. The van der Waals surface area contributed by atoms with E-state index in [2.05, 4.69) is 9.97 Å². The van der Waals surface area contributed by atoms with Crippen molar-refractivity contribution in [2.75, 3.05) is 0 Å². The summed E-state index contributed by atoms with van der Waals surface area (Å²) in [7, 11) is 3.32. The lowest BCUT2D eigenvalue weighted by molar-refractivity contribution is -0.426. The molecule has 2 nitrogen and oxygen atoms in total. The van der Waals surface area contributed by atoms with Crippen LogP contribution in [-0.2, 0) is 0 Å². The number of hydrogen-bond acceptors (Lipinski definition) is 3. The van der Waals surface area contributed by atoms with Gasteiger partial charge in [-0.15, -0.1) is 0 Å². The molecule has 0 amide bonds. The molecule has 0 aliphatic rings. The fraction of sp³-hybridized carbons (Fsp3) is 0. The highest BCUT2D eigenvalue weighted by atomic mass is 33.1. The molecule has 0 saturated heterocycles. The third-order valence-electron chi connectivity index (χ3n) is 1.54. The van der Waals surface area contributed by atoms with Crippen molar-refractivity contribution in [1.82, 2.24) is 4.98 Å². The second-order valence-corrected chi connectivity index (χ2v) is 4.75. The van der Waals surface area contributed by atoms with Crippen LogP contribution in [0, 0.1) is 0 Å². The number of aromatic nitrogens is 2. The summed E-state index contributed by atoms with van der Waals surface area (Å²) in [6.45, 7) is 0. The Bertz CT molecular complexity index is 338. The van der Waals surface area contributed by atoms with Crippen molar-refractivity contribution in [3.05, 3.63) is 48.8 Å². The van der Waals surface area contributed by atoms with Gasteiger partial charge in [-0.1, -0.05) is 6.07 Å². The average Bonchev–Trinajstić information content (AvgIpc) is 2.29. The van der Waals surface area contributed by atoms with E-state index in [1.54, 1.807) is 27.8 Å². The van der Waals surface area contributed by atoms with Crippen LogP contribution >= 0.6 is 21.6 Å². The average molecular weight is 221 g/mol. The Hall–Kier alpha value is -1.00. The summed E-state index contributed by atoms with van der Waals surface area (Å²) in [6.07, 6.45) is 3.72. The second-order valence-electron chi connectivity index (χ2n) is 2.56. The number of aromatic amines is 1. The number of hydrogen-bond donors (Lipinski definition) is 0. The number of pyridine rings is 2. The van der Waals surface area contributed by atoms with Crippen molar-refractivity contribution in [2.45, 2.75) is 10.1 Å². The molecule has 70 valence electrons. The van der Waals surface area contributed by atoms with E-state index in [4.69, 9.17) is 0 Å². The molecule has 14 heavy (non-hydrogen) atoms. The maximum atomic E-state index is 4.22. The lowest BCUT2D eigenvalue weighted by Crippen LogP contribution is -2.01. The molecule has 0 spiro atoms. The van der Waals surface area contributed by atoms with Gasteiger partial charge in [-0.3, -0.25) is 0 Å². The fourth-order valence-corrected chi connectivity index (χ4v) is 2.71. The first kappa shape index (κ1) is 9.55. The molecule has 2 aromatic rings. The Morgan fingerprint density at radius 1 is 1.00 bits per heavy atom. The highest BCUT2D eigenvalue weighted by molar-refractivity contribution is 8.76. The highest BCUT2D eigenvalue weighted by Crippen LogP contribution is 2.33. The number of nitrogens with zero attached hydrogens (tertiary/aromatic N) is 1. The minimum absolute atomic E-state index is 1.02. The van der Waals surface area contributed by atoms with E-state index in [0.717, 1.165) is 10.1 Å². The van der Waals surface area contributed by atoms with Crippen molar-refractivity contribution >= 4 is 21.6 Å². The van der Waals surface area contributed by atoms with Gasteiger partial charge in [0.25, 0.3) is 0 Å². The van der Waals surface area contributed by atoms with Gasteiger partial charge < -0.3 is 0 Å². The van der Waals surface area contributed by atoms with Gasteiger partial charge in [-0.25, -0.2) is 9.97 Å². The molecule has 1 N–H and O–H groups in total. The molecular formula is C10H9N2S2+. The predicted octanol–water partition coefficient (Wildman–Crippen LogP) is 2.70. The second kappa shape index (κ2) is 5.02. The summed E-state index contributed by atoms with van der Waals surface area (Å²) in [6, 6.07) is 11.9. The first-order valence-electron chi connectivity index (χ1n) is 4.17. The van der Waals surface area contributed by atoms with E-state index in [1.807, 2.05) is 42.6 Å². The third kappa shape index (κ3) is 2.75. The maximum absolute atomic E-state index is 4.22. The van der Waals surface area contributed by atoms with Gasteiger partial charge in [0.1, 0.15) is 5.03 Å². The Balaban J connectivity index is 1.96. The predicted molar refractivity (Wildman–Crippen MR) is 58.9 cm³/mol. The first-order valence-corrected chi connectivity index (χ1v) is 6.32. The first-order chi connectivity index (χ1) is 6.95. The van der Waals surface area contributed by atoms with E-state index in [-0.39, 0.29) is 0 Å². The normalized spacial score (nSPS) is 10.0. The van der Waals surface area contributed by atoms with Gasteiger partial charge in [-0.05, 0) is 29.0 Å². The Kier molecular flexibility index (Phi) is 3.43. The van der Waals surface area contributed by atoms with E-state index < -0.39 is 0 Å². The van der Waals surface area contributed by atoms with Crippen molar-refractivity contribution in [2.24, 2.45) is 0 Å². The number of rotatable bonds is 3. The molecule has 0 aliphatic carbocycles. The van der Waals surface area contributed by atoms with Crippen LogP contribution in [0.5, 0.6) is 0 Å². The van der Waals surface area contributed by atoms with Gasteiger partial charge in [0.15, 0.2) is 6.20 Å². The SMILES string of the molecule is c1ccc(SSc2cccc[nH+]2)nc1. The standard InChI is InChI=1S/C10H8N2S2/c1-3-7-11-9(5-1)13-14-10-6-2-4-8-12-10/h1-8H/p+1. The summed E-state index contributed by atoms with van der Waals surface area (Å²) >= 11 is 0. The molecule has 0 aliphatic heterocycles. The van der Waals surface area contributed by atoms with Gasteiger partial charge in [0.2, 0.25) is 5.03 Å². The summed E-state index contributed by atoms with van der Waals surface area (Å²) in [5.74, 6) is 0. The van der Waals surface area contributed by atoms with E-state index in [0.29, 0.717) is 0 Å². The van der Waals surface area contributed by atoms with Crippen LogP contribution in [0.25, 0.3) is 0 Å². The number of nitrogens with one attached hydrogen (secondary N) is 1. The van der Waals surface area contributed by atoms with Crippen molar-refractivity contribution < 1.29 is 4.98 Å². The zero-order chi connectivity index (χ0) is 9.64. The molecule has 4 heteroatoms. The molecule has 2 rings (SSSR count). The largest absolute Gasteiger partial charge is 0.249 e. The third-order valence-corrected chi connectivity index (χ3v) is 3.77. The van der Waals surface area contributed by atoms with Crippen LogP contribution in [0.4, 0.5) is 0 Å². The topological polar surface area (TPSA) is 27.0 Å². The summed E-state index contributed by atoms with van der Waals surface area (Å²) < 4.78 is 0. The molecule has 0 atom stereocenters. The molecule has 0 saturated carbocycles. The minimum Gasteiger partial charge on any atom is -0.249 e. The lowest BCUT2D eigenvalue weighted by atomic mass is 10.5. The Morgan fingerprint density at radius 2 is 1.93 bits per heavy atom. The van der Waals surface area contributed by atoms with Crippen LogP contribution in [0.1, 0.15) is 0 Å². The van der Waals surface area contributed by atoms with E-state index in [1.165, 1.54) is 0 Å². The molecular weight excluding hydrogens is 212 g/mol. The summed E-state index contributed by atoms with van der Waals surface area (Å²) in [5, 5.41) is 2.15. The van der Waals surface area contributed by atoms with E-state index >= 15 is 0 Å². The van der Waals surface area contributed by atoms with Gasteiger partial charge in [0.05, 0.1) is 0 Å². The van der Waals surface area contributed by atoms with Crippen LogP contribution in [0.2, 0.25) is 0 Å². The molecule has 0 fully saturated rings. The summed E-state index contributed by atoms with van der Waals surface area (Å²) in [5.41, 5.74) is 0. The molecule has 2 heterocycles. The van der Waals surface area contributed by atoms with Gasteiger partial charge in [0, 0.05) is 29.1 Å². The Labute approximate surface area is 90.6 Å². The van der Waals surface area contributed by atoms with Crippen molar-refractivity contribution in [3.63, 3.8) is 0 Å². The fourth-order valence-electron chi connectivity index (χ4n) is 0.913. The lowest BCUT2D eigenvalue weighted by Gasteiger charge is -1.94. The molecule has 0 bridgehead atoms. The maximum Gasteiger partial charge on any atom is 0.249 e.